The molecular formula is C29H38BrN5O2. The van der Waals surface area contributed by atoms with Crippen molar-refractivity contribution in [1.82, 2.24) is 19.8 Å². The fourth-order valence-electron chi connectivity index (χ4n) is 5.74. The fraction of sp³-hybridized carbons (Fsp3) is 0.586. The Balaban J connectivity index is 1.20. The van der Waals surface area contributed by atoms with Gasteiger partial charge in [0.2, 0.25) is 0 Å². The highest BCUT2D eigenvalue weighted by molar-refractivity contribution is 9.10. The van der Waals surface area contributed by atoms with Gasteiger partial charge in [0.1, 0.15) is 12.9 Å². The van der Waals surface area contributed by atoms with Gasteiger partial charge in [-0.3, -0.25) is 9.69 Å². The molecule has 0 bridgehead atoms. The van der Waals surface area contributed by atoms with Gasteiger partial charge in [0.15, 0.2) is 0 Å². The number of likely N-dealkylation sites (tertiary alicyclic amines) is 2. The number of aryl methyl sites for hydroxylation is 2. The molecule has 2 saturated heterocycles. The molecule has 1 aromatic carbocycles. The van der Waals surface area contributed by atoms with E-state index in [0.29, 0.717) is 17.4 Å². The van der Waals surface area contributed by atoms with E-state index in [4.69, 9.17) is 4.84 Å². The van der Waals surface area contributed by atoms with E-state index >= 15 is 0 Å². The van der Waals surface area contributed by atoms with Crippen LogP contribution in [-0.4, -0.2) is 69.7 Å². The number of rotatable bonds is 7. The van der Waals surface area contributed by atoms with Gasteiger partial charge < -0.3 is 9.74 Å². The van der Waals surface area contributed by atoms with Crippen molar-refractivity contribution in [3.05, 3.63) is 57.6 Å². The third kappa shape index (κ3) is 6.06. The van der Waals surface area contributed by atoms with Crippen molar-refractivity contribution in [2.75, 3.05) is 32.8 Å². The fourth-order valence-corrected chi connectivity index (χ4v) is 6.01. The van der Waals surface area contributed by atoms with Crippen LogP contribution >= 0.6 is 15.9 Å². The highest BCUT2D eigenvalue weighted by atomic mass is 79.9. The van der Waals surface area contributed by atoms with E-state index in [0.717, 1.165) is 85.6 Å². The first-order valence-corrected chi connectivity index (χ1v) is 14.4. The Morgan fingerprint density at radius 3 is 2.24 bits per heavy atom. The molecule has 0 atom stereocenters. The molecule has 0 unspecified atom stereocenters. The summed E-state index contributed by atoms with van der Waals surface area (Å²) in [5.41, 5.74) is 4.54. The van der Waals surface area contributed by atoms with Crippen molar-refractivity contribution in [3.8, 4) is 0 Å². The normalized spacial score (nSPS) is 21.2. The lowest BCUT2D eigenvalue weighted by Gasteiger charge is -2.49. The quantitative estimate of drug-likeness (QED) is 0.331. The molecule has 0 N–H and O–H groups in total. The van der Waals surface area contributed by atoms with Crippen LogP contribution in [0.5, 0.6) is 0 Å². The first kappa shape index (κ1) is 26.3. The van der Waals surface area contributed by atoms with Crippen molar-refractivity contribution in [3.63, 3.8) is 0 Å². The van der Waals surface area contributed by atoms with Gasteiger partial charge >= 0.3 is 0 Å². The number of hydrogen-bond acceptors (Lipinski definition) is 6. The molecule has 8 heteroatoms. The number of amides is 1. The van der Waals surface area contributed by atoms with E-state index in [1.807, 2.05) is 18.7 Å². The molecule has 2 aromatic rings. The average Bonchev–Trinajstić information content (AvgIpc) is 3.72. The summed E-state index contributed by atoms with van der Waals surface area (Å²) in [6.07, 6.45) is 8.16. The molecule has 3 fully saturated rings. The number of benzene rings is 1. The molecule has 0 radical (unpaired) electrons. The smallest absolute Gasteiger partial charge is 0.257 e. The van der Waals surface area contributed by atoms with E-state index < -0.39 is 0 Å². The Morgan fingerprint density at radius 1 is 1.03 bits per heavy atom. The Labute approximate surface area is 228 Å². The topological polar surface area (TPSA) is 70.9 Å². The molecule has 37 heavy (non-hydrogen) atoms. The second-order valence-electron chi connectivity index (χ2n) is 11.2. The second kappa shape index (κ2) is 11.2. The zero-order valence-electron chi connectivity index (χ0n) is 22.3. The lowest BCUT2D eigenvalue weighted by molar-refractivity contribution is 0.0160. The first-order chi connectivity index (χ1) is 17.8. The summed E-state index contributed by atoms with van der Waals surface area (Å²) in [5.74, 6) is 1.15. The maximum Gasteiger partial charge on any atom is 0.257 e. The highest BCUT2D eigenvalue weighted by Gasteiger charge is 2.39. The van der Waals surface area contributed by atoms with Gasteiger partial charge in [0, 0.05) is 29.0 Å². The molecule has 1 aliphatic carbocycles. The number of carbonyl (C=O) groups excluding carboxylic acids is 1. The second-order valence-corrected chi connectivity index (χ2v) is 12.1. The van der Waals surface area contributed by atoms with E-state index in [1.165, 1.54) is 19.2 Å². The van der Waals surface area contributed by atoms with E-state index in [1.54, 1.807) is 0 Å². The lowest BCUT2D eigenvalue weighted by Crippen LogP contribution is -2.56. The van der Waals surface area contributed by atoms with E-state index in [-0.39, 0.29) is 11.4 Å². The monoisotopic (exact) mass is 567 g/mol. The zero-order valence-corrected chi connectivity index (χ0v) is 23.8. The van der Waals surface area contributed by atoms with Crippen LogP contribution in [0.4, 0.5) is 0 Å². The Morgan fingerprint density at radius 2 is 1.65 bits per heavy atom. The van der Waals surface area contributed by atoms with Crippen molar-refractivity contribution >= 4 is 27.5 Å². The molecule has 1 aromatic heterocycles. The highest BCUT2D eigenvalue weighted by Crippen LogP contribution is 2.35. The molecule has 0 spiro atoms. The SMILES string of the molecule is Cc1ncnc(C)c1C(=O)N1CCC(C)(N2CCC(/C(=N/OCC3CC3)c3ccc(Br)cc3)CC2)CC1. The molecule has 1 amide bonds. The molecule has 3 aliphatic rings. The minimum Gasteiger partial charge on any atom is -0.395 e. The lowest BCUT2D eigenvalue weighted by atomic mass is 9.82. The van der Waals surface area contributed by atoms with Crippen LogP contribution in [0.1, 0.15) is 72.8 Å². The van der Waals surface area contributed by atoms with Crippen LogP contribution in [0.25, 0.3) is 0 Å². The van der Waals surface area contributed by atoms with Crippen LogP contribution in [0, 0.1) is 25.7 Å². The summed E-state index contributed by atoms with van der Waals surface area (Å²) < 4.78 is 1.08. The van der Waals surface area contributed by atoms with Crippen LogP contribution in [0.3, 0.4) is 0 Å². The van der Waals surface area contributed by atoms with Crippen molar-refractivity contribution in [2.24, 2.45) is 17.0 Å². The molecule has 2 aliphatic heterocycles. The molecule has 198 valence electrons. The zero-order chi connectivity index (χ0) is 26.0. The van der Waals surface area contributed by atoms with Crippen LogP contribution in [0.2, 0.25) is 0 Å². The summed E-state index contributed by atoms with van der Waals surface area (Å²) in [6, 6.07) is 8.46. The number of hydrogen-bond donors (Lipinski definition) is 0. The maximum absolute atomic E-state index is 13.2. The summed E-state index contributed by atoms with van der Waals surface area (Å²) in [5, 5.41) is 4.68. The van der Waals surface area contributed by atoms with Gasteiger partial charge in [-0.15, -0.1) is 0 Å². The summed E-state index contributed by atoms with van der Waals surface area (Å²) in [4.78, 5) is 32.2. The third-order valence-corrected chi connectivity index (χ3v) is 9.05. The minimum atomic E-state index is 0.0675. The van der Waals surface area contributed by atoms with Crippen LogP contribution in [-0.2, 0) is 4.84 Å². The number of oxime groups is 1. The van der Waals surface area contributed by atoms with Crippen LogP contribution < -0.4 is 0 Å². The number of aromatic nitrogens is 2. The van der Waals surface area contributed by atoms with Gasteiger partial charge in [0.25, 0.3) is 5.91 Å². The van der Waals surface area contributed by atoms with Crippen molar-refractivity contribution in [1.29, 1.82) is 0 Å². The number of nitrogens with zero attached hydrogens (tertiary/aromatic N) is 5. The Hall–Kier alpha value is -2.32. The summed E-state index contributed by atoms with van der Waals surface area (Å²) in [7, 11) is 0. The predicted octanol–water partition coefficient (Wildman–Crippen LogP) is 5.39. The van der Waals surface area contributed by atoms with E-state index in [2.05, 4.69) is 67.1 Å². The minimum absolute atomic E-state index is 0.0675. The number of piperidine rings is 2. The average molecular weight is 569 g/mol. The summed E-state index contributed by atoms with van der Waals surface area (Å²) in [6.45, 7) is 10.5. The standard InChI is InChI=1S/C29H38BrN5O2/c1-20-26(21(2)32-19-31-20)28(36)34-16-12-29(3,13-17-34)35-14-10-24(11-15-35)27(33-37-18-22-4-5-22)23-6-8-25(30)9-7-23/h6-9,19,22,24H,4-5,10-18H2,1-3H3/b33-27+. The Bertz CT molecular complexity index is 1110. The molecule has 1 saturated carbocycles. The summed E-state index contributed by atoms with van der Waals surface area (Å²) >= 11 is 3.55. The van der Waals surface area contributed by atoms with Gasteiger partial charge in [-0.1, -0.05) is 33.2 Å². The van der Waals surface area contributed by atoms with Crippen molar-refractivity contribution < 1.29 is 9.63 Å². The molecule has 5 rings (SSSR count). The largest absolute Gasteiger partial charge is 0.395 e. The van der Waals surface area contributed by atoms with Gasteiger partial charge in [-0.05, 0) is 96.0 Å². The Kier molecular flexibility index (Phi) is 7.96. The van der Waals surface area contributed by atoms with E-state index in [9.17, 15) is 4.79 Å². The third-order valence-electron chi connectivity index (χ3n) is 8.52. The van der Waals surface area contributed by atoms with Crippen LogP contribution in [0.15, 0.2) is 40.2 Å². The van der Waals surface area contributed by atoms with Gasteiger partial charge in [0.05, 0.1) is 22.7 Å². The molecular weight excluding hydrogens is 530 g/mol. The molecule has 3 heterocycles. The maximum atomic E-state index is 13.2. The van der Waals surface area contributed by atoms with Gasteiger partial charge in [-0.25, -0.2) is 9.97 Å². The van der Waals surface area contributed by atoms with Gasteiger partial charge in [-0.2, -0.15) is 0 Å². The van der Waals surface area contributed by atoms with Crippen molar-refractivity contribution in [2.45, 2.75) is 64.8 Å². The molecule has 7 nitrogen and oxygen atoms in total. The number of halogens is 1. The first-order valence-electron chi connectivity index (χ1n) is 13.6. The predicted molar refractivity (Wildman–Crippen MR) is 149 cm³/mol. The number of carbonyl (C=O) groups is 1.